The van der Waals surface area contributed by atoms with Crippen LogP contribution in [-0.4, -0.2) is 19.9 Å². The van der Waals surface area contributed by atoms with Gasteiger partial charge >= 0.3 is 5.97 Å². The molecule has 46 heavy (non-hydrogen) atoms. The van der Waals surface area contributed by atoms with Crippen LogP contribution in [0.1, 0.15) is 55.2 Å². The molecule has 10 heteroatoms. The highest BCUT2D eigenvalue weighted by Crippen LogP contribution is 2.64. The second kappa shape index (κ2) is 11.5. The number of methoxy groups -OCH3 is 1. The number of rotatable bonds is 7. The average molecular weight is 740 g/mol. The van der Waals surface area contributed by atoms with Crippen molar-refractivity contribution in [3.8, 4) is 11.5 Å². The van der Waals surface area contributed by atoms with Crippen molar-refractivity contribution in [2.45, 2.75) is 17.8 Å². The van der Waals surface area contributed by atoms with Gasteiger partial charge in [-0.25, -0.2) is 26.7 Å². The molecule has 4 nitrogen and oxygen atoms in total. The second-order valence-corrected chi connectivity index (χ2v) is 12.3. The lowest BCUT2D eigenvalue weighted by molar-refractivity contribution is 0.0495. The van der Waals surface area contributed by atoms with Crippen molar-refractivity contribution < 1.29 is 41.0 Å². The molecule has 0 saturated heterocycles. The first-order chi connectivity index (χ1) is 22.2. The van der Waals surface area contributed by atoms with Gasteiger partial charge in [-0.3, -0.25) is 0 Å². The van der Waals surface area contributed by atoms with Gasteiger partial charge < -0.3 is 14.2 Å². The Bertz CT molecular complexity index is 1970. The summed E-state index contributed by atoms with van der Waals surface area (Å²) < 4.78 is 92.8. The van der Waals surface area contributed by atoms with E-state index >= 15 is 8.78 Å². The summed E-state index contributed by atoms with van der Waals surface area (Å²) in [6, 6.07) is 24.3. The van der Waals surface area contributed by atoms with Crippen LogP contribution < -0.4 is 9.47 Å². The van der Waals surface area contributed by atoms with Crippen LogP contribution in [0.2, 0.25) is 0 Å². The van der Waals surface area contributed by atoms with E-state index in [0.717, 1.165) is 14.7 Å². The van der Waals surface area contributed by atoms with Crippen LogP contribution in [-0.2, 0) is 16.6 Å². The van der Waals surface area contributed by atoms with Crippen LogP contribution in [0.15, 0.2) is 84.9 Å². The third-order valence-electron chi connectivity index (χ3n) is 8.70. The van der Waals surface area contributed by atoms with Crippen LogP contribution >= 0.6 is 22.6 Å². The quantitative estimate of drug-likeness (QED) is 0.0319. The van der Waals surface area contributed by atoms with Crippen molar-refractivity contribution >= 4 is 28.6 Å². The first kappa shape index (κ1) is 30.4. The average Bonchev–Trinajstić information content (AvgIpc) is 3.08. The Morgan fingerprint density at radius 2 is 1.28 bits per heavy atom. The molecule has 0 amide bonds. The summed E-state index contributed by atoms with van der Waals surface area (Å²) in [6.07, 6.45) is -0.662. The third kappa shape index (κ3) is 4.44. The summed E-state index contributed by atoms with van der Waals surface area (Å²) in [5.74, 6) is -10.9. The zero-order valence-electron chi connectivity index (χ0n) is 24.0. The summed E-state index contributed by atoms with van der Waals surface area (Å²) >= 11 is 2.12. The van der Waals surface area contributed by atoms with Gasteiger partial charge in [-0.1, -0.05) is 48.5 Å². The monoisotopic (exact) mass is 740 g/mol. The molecule has 0 aliphatic heterocycles. The minimum Gasteiger partial charge on any atom is -0.467 e. The Kier molecular flexibility index (Phi) is 7.59. The molecule has 3 aliphatic carbocycles. The number of hydrogen-bond acceptors (Lipinski definition) is 4. The normalized spacial score (nSPS) is 17.2. The molecular formula is C36H22F5IO4. The summed E-state index contributed by atoms with van der Waals surface area (Å²) in [6.45, 7) is -0.208. The predicted octanol–water partition coefficient (Wildman–Crippen LogP) is 8.57. The Morgan fingerprint density at radius 3 is 1.87 bits per heavy atom. The lowest BCUT2D eigenvalue weighted by Crippen LogP contribution is -2.45. The second-order valence-electron chi connectivity index (χ2n) is 11.0. The topological polar surface area (TPSA) is 44.8 Å². The molecule has 0 aromatic heterocycles. The van der Waals surface area contributed by atoms with E-state index < -0.39 is 58.4 Å². The number of hydrogen-bond donors (Lipinski definition) is 0. The molecular weight excluding hydrogens is 718 g/mol. The van der Waals surface area contributed by atoms with Crippen LogP contribution in [0.25, 0.3) is 0 Å². The molecule has 232 valence electrons. The Balaban J connectivity index is 1.55. The Labute approximate surface area is 273 Å². The predicted molar refractivity (Wildman–Crippen MR) is 167 cm³/mol. The van der Waals surface area contributed by atoms with E-state index in [1.54, 1.807) is 72.8 Å². The van der Waals surface area contributed by atoms with Crippen molar-refractivity contribution in [2.24, 2.45) is 0 Å². The number of benzene rings is 5. The molecule has 0 N–H and O–H groups in total. The van der Waals surface area contributed by atoms with Crippen LogP contribution in [0.4, 0.5) is 22.0 Å². The molecule has 3 aliphatic rings. The molecule has 0 unspecified atom stereocenters. The Morgan fingerprint density at radius 1 is 0.739 bits per heavy atom. The standard InChI is InChI=1S/C36H22F5IO4/c1-44-17-45-26-15-14-25(46-35(43)18-10-12-19(42)13-11-18)28-27-20-6-2-4-8-23(20)36(29(26)28,24-9-5-3-7-21(24)27)16-22-30(37)32(39)34(41)33(40)31(22)38/h2-15,27H,16-17H2,1H3. The molecule has 0 heterocycles. The third-order valence-corrected chi connectivity index (χ3v) is 9.42. The minimum absolute atomic E-state index is 0.166. The van der Waals surface area contributed by atoms with E-state index in [1.807, 2.05) is 12.1 Å². The molecule has 8 rings (SSSR count). The zero-order valence-corrected chi connectivity index (χ0v) is 26.1. The molecule has 0 saturated carbocycles. The van der Waals surface area contributed by atoms with Gasteiger partial charge in [0.05, 0.1) is 11.0 Å². The van der Waals surface area contributed by atoms with Crippen molar-refractivity contribution in [1.82, 2.24) is 0 Å². The van der Waals surface area contributed by atoms with Gasteiger partial charge in [0, 0.05) is 33.3 Å². The van der Waals surface area contributed by atoms with Crippen molar-refractivity contribution in [3.63, 3.8) is 0 Å². The van der Waals surface area contributed by atoms with E-state index in [4.69, 9.17) is 14.2 Å². The van der Waals surface area contributed by atoms with Crippen molar-refractivity contribution in [2.75, 3.05) is 13.9 Å². The molecule has 0 fully saturated rings. The molecule has 5 aromatic rings. The zero-order chi connectivity index (χ0) is 32.3. The summed E-state index contributed by atoms with van der Waals surface area (Å²) in [4.78, 5) is 13.4. The number of halogens is 6. The van der Waals surface area contributed by atoms with E-state index in [1.165, 1.54) is 7.11 Å². The van der Waals surface area contributed by atoms with Crippen LogP contribution in [0.3, 0.4) is 0 Å². The van der Waals surface area contributed by atoms with E-state index in [2.05, 4.69) is 22.6 Å². The first-order valence-electron chi connectivity index (χ1n) is 14.1. The highest BCUT2D eigenvalue weighted by Gasteiger charge is 2.55. The molecule has 0 radical (unpaired) electrons. The molecule has 2 bridgehead atoms. The van der Waals surface area contributed by atoms with Gasteiger partial charge in [-0.15, -0.1) is 0 Å². The maximum atomic E-state index is 15.5. The minimum atomic E-state index is -2.24. The molecule has 0 spiro atoms. The van der Waals surface area contributed by atoms with Gasteiger partial charge in [-0.2, -0.15) is 0 Å². The maximum absolute atomic E-state index is 15.5. The lowest BCUT2D eigenvalue weighted by atomic mass is 9.51. The summed E-state index contributed by atoms with van der Waals surface area (Å²) in [5.41, 5.74) is 1.29. The molecule has 5 aromatic carbocycles. The van der Waals surface area contributed by atoms with Gasteiger partial charge in [0.1, 0.15) is 11.5 Å². The highest BCUT2D eigenvalue weighted by molar-refractivity contribution is 14.1. The van der Waals surface area contributed by atoms with Crippen LogP contribution in [0.5, 0.6) is 11.5 Å². The van der Waals surface area contributed by atoms with Crippen molar-refractivity contribution in [1.29, 1.82) is 0 Å². The largest absolute Gasteiger partial charge is 0.467 e. The van der Waals surface area contributed by atoms with E-state index in [0.29, 0.717) is 27.8 Å². The van der Waals surface area contributed by atoms with Gasteiger partial charge in [0.15, 0.2) is 30.1 Å². The van der Waals surface area contributed by atoms with Gasteiger partial charge in [0.2, 0.25) is 5.82 Å². The Hall–Kier alpha value is -4.29. The number of carbonyl (C=O) groups is 1. The summed E-state index contributed by atoms with van der Waals surface area (Å²) in [7, 11) is 1.42. The maximum Gasteiger partial charge on any atom is 0.343 e. The fourth-order valence-electron chi connectivity index (χ4n) is 6.90. The van der Waals surface area contributed by atoms with Crippen molar-refractivity contribution in [3.05, 3.63) is 162 Å². The lowest BCUT2D eigenvalue weighted by Gasteiger charge is -2.51. The highest BCUT2D eigenvalue weighted by atomic mass is 127. The smallest absolute Gasteiger partial charge is 0.343 e. The first-order valence-corrected chi connectivity index (χ1v) is 15.2. The fraction of sp³-hybridized carbons (Fsp3) is 0.139. The summed E-state index contributed by atoms with van der Waals surface area (Å²) in [5, 5.41) is 0. The number of carbonyl (C=O) groups excluding carboxylic acids is 1. The number of ether oxygens (including phenoxy) is 3. The van der Waals surface area contributed by atoms with Crippen LogP contribution in [0, 0.1) is 32.7 Å². The van der Waals surface area contributed by atoms with E-state index in [-0.39, 0.29) is 18.3 Å². The van der Waals surface area contributed by atoms with E-state index in [9.17, 15) is 18.0 Å². The number of esters is 1. The van der Waals surface area contributed by atoms with Gasteiger partial charge in [-0.05, 0) is 87.7 Å². The molecule has 0 atom stereocenters. The van der Waals surface area contributed by atoms with Gasteiger partial charge in [0.25, 0.3) is 0 Å². The SMILES string of the molecule is COCOc1ccc(OC(=O)c2ccc(I)cc2)c2c1C1(Cc3c(F)c(F)c(F)c(F)c3F)c3ccccc3C2c2ccccc21. The fourth-order valence-corrected chi connectivity index (χ4v) is 7.26.